The van der Waals surface area contributed by atoms with Crippen LogP contribution in [0.5, 0.6) is 0 Å². The van der Waals surface area contributed by atoms with Gasteiger partial charge in [-0.1, -0.05) is 47.4 Å². The molecule has 2 nitrogen and oxygen atoms in total. The second-order valence-corrected chi connectivity index (χ2v) is 6.77. The first-order valence-electron chi connectivity index (χ1n) is 6.88. The topological polar surface area (TPSA) is 29.3 Å². The molecule has 1 aromatic rings. The molecule has 0 heterocycles. The predicted molar refractivity (Wildman–Crippen MR) is 89.9 cm³/mol. The summed E-state index contributed by atoms with van der Waals surface area (Å²) in [4.78, 5) is 2.77. The number of anilines is 1. The summed E-state index contributed by atoms with van der Waals surface area (Å²) in [6, 6.07) is 6.10. The lowest BCUT2D eigenvalue weighted by Crippen LogP contribution is -2.28. The Kier molecular flexibility index (Phi) is 5.22. The van der Waals surface area contributed by atoms with Crippen molar-refractivity contribution in [3.05, 3.63) is 28.2 Å². The molecule has 1 aliphatic carbocycles. The maximum Gasteiger partial charge on any atom is 0.106 e. The summed E-state index contributed by atoms with van der Waals surface area (Å²) in [5.74, 6) is 0.803. The standard InChI is InChI=1S/C15H21BrN2S/c1-18(10-11-5-3-2-4-6-11)14-9-12(16)7-8-13(14)15(17)19/h7-9,11H,2-6,10H2,1H3,(H2,17,19). The van der Waals surface area contributed by atoms with Crippen molar-refractivity contribution >= 4 is 38.8 Å². The quantitative estimate of drug-likeness (QED) is 0.836. The van der Waals surface area contributed by atoms with Gasteiger partial charge in [0.2, 0.25) is 0 Å². The zero-order valence-electron chi connectivity index (χ0n) is 11.4. The molecule has 4 heteroatoms. The summed E-state index contributed by atoms with van der Waals surface area (Å²) in [5, 5.41) is 0. The third kappa shape index (κ3) is 3.93. The summed E-state index contributed by atoms with van der Waals surface area (Å²) in [6.07, 6.45) is 6.84. The van der Waals surface area contributed by atoms with E-state index in [0.29, 0.717) is 4.99 Å². The molecule has 0 unspecified atom stereocenters. The molecule has 0 radical (unpaired) electrons. The van der Waals surface area contributed by atoms with E-state index in [1.54, 1.807) is 0 Å². The molecule has 0 saturated heterocycles. The Morgan fingerprint density at radius 1 is 1.37 bits per heavy atom. The first kappa shape index (κ1) is 14.8. The van der Waals surface area contributed by atoms with Crippen molar-refractivity contribution in [1.82, 2.24) is 0 Å². The van der Waals surface area contributed by atoms with Crippen LogP contribution in [-0.4, -0.2) is 18.6 Å². The minimum Gasteiger partial charge on any atom is -0.389 e. The number of nitrogens with zero attached hydrogens (tertiary/aromatic N) is 1. The van der Waals surface area contributed by atoms with Gasteiger partial charge in [0.25, 0.3) is 0 Å². The highest BCUT2D eigenvalue weighted by Crippen LogP contribution is 2.29. The van der Waals surface area contributed by atoms with Crippen LogP contribution in [0.2, 0.25) is 0 Å². The van der Waals surface area contributed by atoms with E-state index in [4.69, 9.17) is 18.0 Å². The smallest absolute Gasteiger partial charge is 0.106 e. The zero-order chi connectivity index (χ0) is 13.8. The van der Waals surface area contributed by atoms with Gasteiger partial charge >= 0.3 is 0 Å². The molecule has 0 bridgehead atoms. The Morgan fingerprint density at radius 2 is 2.05 bits per heavy atom. The number of halogens is 1. The first-order valence-corrected chi connectivity index (χ1v) is 8.08. The molecule has 104 valence electrons. The Morgan fingerprint density at radius 3 is 2.68 bits per heavy atom. The van der Waals surface area contributed by atoms with Crippen molar-refractivity contribution in [3.63, 3.8) is 0 Å². The maximum atomic E-state index is 5.83. The van der Waals surface area contributed by atoms with Crippen LogP contribution in [-0.2, 0) is 0 Å². The van der Waals surface area contributed by atoms with Gasteiger partial charge < -0.3 is 10.6 Å². The van der Waals surface area contributed by atoms with Gasteiger partial charge in [-0.3, -0.25) is 0 Å². The van der Waals surface area contributed by atoms with Crippen molar-refractivity contribution in [2.75, 3.05) is 18.5 Å². The average molecular weight is 341 g/mol. The molecule has 1 saturated carbocycles. The summed E-state index contributed by atoms with van der Waals surface area (Å²) in [7, 11) is 2.14. The van der Waals surface area contributed by atoms with Crippen LogP contribution in [0.15, 0.2) is 22.7 Å². The average Bonchev–Trinajstić information content (AvgIpc) is 2.39. The third-order valence-corrected chi connectivity index (χ3v) is 4.61. The normalized spacial score (nSPS) is 16.3. The van der Waals surface area contributed by atoms with Gasteiger partial charge in [0.1, 0.15) is 4.99 Å². The molecule has 2 N–H and O–H groups in total. The number of benzene rings is 1. The second kappa shape index (κ2) is 6.71. The number of hydrogen-bond donors (Lipinski definition) is 1. The minimum absolute atomic E-state index is 0.470. The molecule has 2 rings (SSSR count). The third-order valence-electron chi connectivity index (χ3n) is 3.89. The van der Waals surface area contributed by atoms with Crippen LogP contribution in [0, 0.1) is 5.92 Å². The zero-order valence-corrected chi connectivity index (χ0v) is 13.8. The van der Waals surface area contributed by atoms with Crippen LogP contribution in [0.25, 0.3) is 0 Å². The molecule has 1 fully saturated rings. The van der Waals surface area contributed by atoms with Gasteiger partial charge in [-0.15, -0.1) is 0 Å². The summed E-state index contributed by atoms with van der Waals surface area (Å²) < 4.78 is 1.07. The van der Waals surface area contributed by atoms with Crippen LogP contribution in [0.4, 0.5) is 5.69 Å². The second-order valence-electron chi connectivity index (χ2n) is 5.41. The molecular formula is C15H21BrN2S. The van der Waals surface area contributed by atoms with E-state index in [2.05, 4.69) is 33.9 Å². The Hall–Kier alpha value is -0.610. The number of nitrogens with two attached hydrogens (primary N) is 1. The lowest BCUT2D eigenvalue weighted by molar-refractivity contribution is 0.362. The Balaban J connectivity index is 2.14. The predicted octanol–water partition coefficient (Wildman–Crippen LogP) is 4.10. The maximum absolute atomic E-state index is 5.83. The monoisotopic (exact) mass is 340 g/mol. The van der Waals surface area contributed by atoms with Gasteiger partial charge in [0, 0.05) is 29.3 Å². The molecule has 1 aliphatic rings. The molecule has 0 aromatic heterocycles. The first-order chi connectivity index (χ1) is 9.08. The van der Waals surface area contributed by atoms with Crippen molar-refractivity contribution in [2.45, 2.75) is 32.1 Å². The van der Waals surface area contributed by atoms with E-state index in [0.717, 1.165) is 28.2 Å². The summed E-state index contributed by atoms with van der Waals surface area (Å²) in [5.41, 5.74) is 7.93. The van der Waals surface area contributed by atoms with Crippen molar-refractivity contribution in [2.24, 2.45) is 11.7 Å². The fraction of sp³-hybridized carbons (Fsp3) is 0.533. The molecule has 19 heavy (non-hydrogen) atoms. The highest BCUT2D eigenvalue weighted by Gasteiger charge is 2.17. The lowest BCUT2D eigenvalue weighted by atomic mass is 9.89. The molecule has 1 aromatic carbocycles. The summed E-state index contributed by atoms with van der Waals surface area (Å²) in [6.45, 7) is 1.09. The number of thiocarbonyl (C=S) groups is 1. The van der Waals surface area contributed by atoms with Gasteiger partial charge in [-0.05, 0) is 37.0 Å². The fourth-order valence-corrected chi connectivity index (χ4v) is 3.41. The number of hydrogen-bond acceptors (Lipinski definition) is 2. The van der Waals surface area contributed by atoms with Gasteiger partial charge in [0.15, 0.2) is 0 Å². The highest BCUT2D eigenvalue weighted by molar-refractivity contribution is 9.10. The van der Waals surface area contributed by atoms with Crippen molar-refractivity contribution in [3.8, 4) is 0 Å². The molecule has 0 amide bonds. The van der Waals surface area contributed by atoms with E-state index >= 15 is 0 Å². The van der Waals surface area contributed by atoms with E-state index in [1.165, 1.54) is 32.1 Å². The lowest BCUT2D eigenvalue weighted by Gasteiger charge is -2.29. The van der Waals surface area contributed by atoms with Crippen LogP contribution in [0.1, 0.15) is 37.7 Å². The highest BCUT2D eigenvalue weighted by atomic mass is 79.9. The summed E-state index contributed by atoms with van der Waals surface area (Å²) >= 11 is 8.68. The molecule has 0 aliphatic heterocycles. The van der Waals surface area contributed by atoms with Crippen LogP contribution < -0.4 is 10.6 Å². The molecule has 0 spiro atoms. The molecule has 0 atom stereocenters. The van der Waals surface area contributed by atoms with Gasteiger partial charge in [0.05, 0.1) is 0 Å². The molecular weight excluding hydrogens is 320 g/mol. The van der Waals surface area contributed by atoms with E-state index in [1.807, 2.05) is 12.1 Å². The van der Waals surface area contributed by atoms with Crippen molar-refractivity contribution < 1.29 is 0 Å². The van der Waals surface area contributed by atoms with Crippen LogP contribution >= 0.6 is 28.1 Å². The van der Waals surface area contributed by atoms with Crippen LogP contribution in [0.3, 0.4) is 0 Å². The largest absolute Gasteiger partial charge is 0.389 e. The fourth-order valence-electron chi connectivity index (χ4n) is 2.88. The number of rotatable bonds is 4. The van der Waals surface area contributed by atoms with E-state index in [-0.39, 0.29) is 0 Å². The minimum atomic E-state index is 0.470. The van der Waals surface area contributed by atoms with Crippen molar-refractivity contribution in [1.29, 1.82) is 0 Å². The Labute approximate surface area is 129 Å². The Bertz CT molecular complexity index is 455. The van der Waals surface area contributed by atoms with Gasteiger partial charge in [-0.2, -0.15) is 0 Å². The SMILES string of the molecule is CN(CC1CCCCC1)c1cc(Br)ccc1C(N)=S. The van der Waals surface area contributed by atoms with E-state index < -0.39 is 0 Å². The van der Waals surface area contributed by atoms with Gasteiger partial charge in [-0.25, -0.2) is 0 Å². The van der Waals surface area contributed by atoms with E-state index in [9.17, 15) is 0 Å².